The van der Waals surface area contributed by atoms with Crippen LogP contribution in [0.5, 0.6) is 0 Å². The zero-order valence-corrected chi connectivity index (χ0v) is 17.9. The maximum Gasteiger partial charge on any atom is 0.255 e. The number of amides is 2. The molecule has 0 bridgehead atoms. The monoisotopic (exact) mass is 430 g/mol. The van der Waals surface area contributed by atoms with Crippen molar-refractivity contribution in [2.45, 2.75) is 24.0 Å². The van der Waals surface area contributed by atoms with Crippen molar-refractivity contribution in [1.29, 1.82) is 0 Å². The Morgan fingerprint density at radius 3 is 2.48 bits per heavy atom. The molecule has 4 aromatic rings. The van der Waals surface area contributed by atoms with Gasteiger partial charge in [-0.25, -0.2) is 4.98 Å². The van der Waals surface area contributed by atoms with Crippen molar-refractivity contribution in [2.24, 2.45) is 0 Å². The molecule has 2 heterocycles. The molecule has 2 N–H and O–H groups in total. The minimum atomic E-state index is -0.198. The maximum absolute atomic E-state index is 12.6. The number of carbonyl (C=O) groups is 2. The average Bonchev–Trinajstić information content (AvgIpc) is 3.21. The Morgan fingerprint density at radius 2 is 1.74 bits per heavy atom. The Kier molecular flexibility index (Phi) is 6.33. The van der Waals surface area contributed by atoms with Gasteiger partial charge in [-0.2, -0.15) is 0 Å². The van der Waals surface area contributed by atoms with Crippen LogP contribution < -0.4 is 10.6 Å². The largest absolute Gasteiger partial charge is 0.326 e. The standard InChI is InChI=1S/C24H22N4O2S/c1-2-23(29)26-18-6-5-7-19(14-18)27-24(30)17-9-11-21(12-10-17)31-16-20-15-28-13-4-3-8-22(28)25-20/h3-15H,2,16H2,1H3,(H,26,29)(H,27,30). The lowest BCUT2D eigenvalue weighted by molar-refractivity contribution is -0.115. The summed E-state index contributed by atoms with van der Waals surface area (Å²) in [6.07, 6.45) is 4.41. The number of nitrogens with one attached hydrogen (secondary N) is 2. The average molecular weight is 431 g/mol. The number of rotatable bonds is 7. The van der Waals surface area contributed by atoms with Gasteiger partial charge < -0.3 is 15.0 Å². The van der Waals surface area contributed by atoms with Crippen molar-refractivity contribution in [1.82, 2.24) is 9.38 Å². The van der Waals surface area contributed by atoms with Crippen molar-refractivity contribution in [3.63, 3.8) is 0 Å². The summed E-state index contributed by atoms with van der Waals surface area (Å²) < 4.78 is 2.01. The van der Waals surface area contributed by atoms with E-state index in [1.165, 1.54) is 0 Å². The first-order valence-electron chi connectivity index (χ1n) is 9.97. The van der Waals surface area contributed by atoms with Gasteiger partial charge in [0.05, 0.1) is 5.69 Å². The fourth-order valence-electron chi connectivity index (χ4n) is 3.04. The molecule has 6 nitrogen and oxygen atoms in total. The van der Waals surface area contributed by atoms with E-state index in [4.69, 9.17) is 0 Å². The van der Waals surface area contributed by atoms with E-state index in [9.17, 15) is 9.59 Å². The van der Waals surface area contributed by atoms with Crippen LogP contribution in [0, 0.1) is 0 Å². The molecule has 0 aliphatic rings. The van der Waals surface area contributed by atoms with Crippen LogP contribution in [-0.4, -0.2) is 21.2 Å². The Morgan fingerprint density at radius 1 is 0.968 bits per heavy atom. The van der Waals surface area contributed by atoms with Crippen LogP contribution in [0.4, 0.5) is 11.4 Å². The molecule has 2 aromatic heterocycles. The van der Waals surface area contributed by atoms with Crippen molar-refractivity contribution < 1.29 is 9.59 Å². The molecule has 0 atom stereocenters. The van der Waals surface area contributed by atoms with Crippen LogP contribution in [0.3, 0.4) is 0 Å². The van der Waals surface area contributed by atoms with E-state index in [0.29, 0.717) is 23.4 Å². The minimum absolute atomic E-state index is 0.0693. The van der Waals surface area contributed by atoms with E-state index in [1.807, 2.05) is 59.3 Å². The molecule has 0 saturated heterocycles. The molecule has 2 aromatic carbocycles. The van der Waals surface area contributed by atoms with Gasteiger partial charge in [-0.1, -0.05) is 19.1 Å². The molecule has 2 amide bonds. The number of fused-ring (bicyclic) bond motifs is 1. The number of nitrogens with zero attached hydrogens (tertiary/aromatic N) is 2. The molecule has 0 aliphatic carbocycles. The van der Waals surface area contributed by atoms with E-state index in [-0.39, 0.29) is 11.8 Å². The van der Waals surface area contributed by atoms with Gasteiger partial charge in [-0.3, -0.25) is 9.59 Å². The summed E-state index contributed by atoms with van der Waals surface area (Å²) >= 11 is 1.68. The van der Waals surface area contributed by atoms with E-state index < -0.39 is 0 Å². The molecule has 7 heteroatoms. The second-order valence-electron chi connectivity index (χ2n) is 6.95. The molecule has 0 unspecified atom stereocenters. The zero-order valence-electron chi connectivity index (χ0n) is 17.0. The Bertz CT molecular complexity index is 1180. The minimum Gasteiger partial charge on any atom is -0.326 e. The van der Waals surface area contributed by atoms with Gasteiger partial charge >= 0.3 is 0 Å². The predicted molar refractivity (Wildman–Crippen MR) is 125 cm³/mol. The smallest absolute Gasteiger partial charge is 0.255 e. The highest BCUT2D eigenvalue weighted by Crippen LogP contribution is 2.23. The van der Waals surface area contributed by atoms with Crippen molar-refractivity contribution in [3.05, 3.63) is 90.4 Å². The van der Waals surface area contributed by atoms with Gasteiger partial charge in [-0.15, -0.1) is 11.8 Å². The van der Waals surface area contributed by atoms with Crippen LogP contribution in [0.2, 0.25) is 0 Å². The Balaban J connectivity index is 1.35. The van der Waals surface area contributed by atoms with Gasteiger partial charge in [0.15, 0.2) is 0 Å². The number of hydrogen-bond donors (Lipinski definition) is 2. The Hall–Kier alpha value is -3.58. The summed E-state index contributed by atoms with van der Waals surface area (Å²) in [5.41, 5.74) is 3.80. The number of hydrogen-bond acceptors (Lipinski definition) is 4. The molecule has 0 fully saturated rings. The van der Waals surface area contributed by atoms with E-state index in [1.54, 1.807) is 43.0 Å². The van der Waals surface area contributed by atoms with Gasteiger partial charge in [0, 0.05) is 46.4 Å². The summed E-state index contributed by atoms with van der Waals surface area (Å²) in [5.74, 6) is 0.486. The second kappa shape index (κ2) is 9.49. The van der Waals surface area contributed by atoms with Crippen LogP contribution >= 0.6 is 11.8 Å². The first-order chi connectivity index (χ1) is 15.1. The van der Waals surface area contributed by atoms with E-state index in [2.05, 4.69) is 15.6 Å². The molecular weight excluding hydrogens is 408 g/mol. The van der Waals surface area contributed by atoms with Crippen LogP contribution in [0.25, 0.3) is 5.65 Å². The zero-order chi connectivity index (χ0) is 21.6. The topological polar surface area (TPSA) is 75.5 Å². The normalized spacial score (nSPS) is 10.7. The summed E-state index contributed by atoms with van der Waals surface area (Å²) in [4.78, 5) is 29.8. The molecular formula is C24H22N4O2S. The highest BCUT2D eigenvalue weighted by Gasteiger charge is 2.08. The highest BCUT2D eigenvalue weighted by molar-refractivity contribution is 7.98. The van der Waals surface area contributed by atoms with Crippen molar-refractivity contribution >= 4 is 40.6 Å². The number of benzene rings is 2. The summed E-state index contributed by atoms with van der Waals surface area (Å²) in [7, 11) is 0. The van der Waals surface area contributed by atoms with Gasteiger partial charge in [-0.05, 0) is 54.6 Å². The molecule has 0 aliphatic heterocycles. The maximum atomic E-state index is 12.6. The molecule has 4 rings (SSSR count). The number of imidazole rings is 1. The second-order valence-corrected chi connectivity index (χ2v) is 8.00. The fraction of sp³-hybridized carbons (Fsp3) is 0.125. The third-order valence-electron chi connectivity index (χ3n) is 4.64. The summed E-state index contributed by atoms with van der Waals surface area (Å²) in [5, 5.41) is 5.66. The fourth-order valence-corrected chi connectivity index (χ4v) is 3.83. The number of pyridine rings is 1. The molecule has 0 spiro atoms. The lowest BCUT2D eigenvalue weighted by Gasteiger charge is -2.09. The number of thioether (sulfide) groups is 1. The highest BCUT2D eigenvalue weighted by atomic mass is 32.2. The van der Waals surface area contributed by atoms with Crippen LogP contribution in [0.15, 0.2) is 84.0 Å². The van der Waals surface area contributed by atoms with Crippen LogP contribution in [-0.2, 0) is 10.5 Å². The predicted octanol–water partition coefficient (Wildman–Crippen LogP) is 5.23. The van der Waals surface area contributed by atoms with E-state index >= 15 is 0 Å². The molecule has 0 radical (unpaired) electrons. The van der Waals surface area contributed by atoms with E-state index in [0.717, 1.165) is 22.0 Å². The van der Waals surface area contributed by atoms with Crippen molar-refractivity contribution in [2.75, 3.05) is 10.6 Å². The third-order valence-corrected chi connectivity index (χ3v) is 5.69. The van der Waals surface area contributed by atoms with Gasteiger partial charge in [0.1, 0.15) is 5.65 Å². The quantitative estimate of drug-likeness (QED) is 0.394. The molecule has 31 heavy (non-hydrogen) atoms. The number of aromatic nitrogens is 2. The number of carbonyl (C=O) groups excluding carboxylic acids is 2. The Labute approximate surface area is 184 Å². The summed E-state index contributed by atoms with van der Waals surface area (Å²) in [6, 6.07) is 20.5. The summed E-state index contributed by atoms with van der Waals surface area (Å²) in [6.45, 7) is 1.79. The van der Waals surface area contributed by atoms with Crippen molar-refractivity contribution in [3.8, 4) is 0 Å². The third kappa shape index (κ3) is 5.32. The lowest BCUT2D eigenvalue weighted by atomic mass is 10.2. The SMILES string of the molecule is CCC(=O)Nc1cccc(NC(=O)c2ccc(SCc3cn4ccccc4n3)cc2)c1. The molecule has 156 valence electrons. The lowest BCUT2D eigenvalue weighted by Crippen LogP contribution is -2.13. The molecule has 0 saturated carbocycles. The first kappa shape index (κ1) is 20.7. The van der Waals surface area contributed by atoms with Gasteiger partial charge in [0.25, 0.3) is 5.91 Å². The number of anilines is 2. The van der Waals surface area contributed by atoms with Crippen LogP contribution in [0.1, 0.15) is 29.4 Å². The first-order valence-corrected chi connectivity index (χ1v) is 11.0. The van der Waals surface area contributed by atoms with Gasteiger partial charge in [0.2, 0.25) is 5.91 Å².